The Morgan fingerprint density at radius 3 is 2.58 bits per heavy atom. The van der Waals surface area contributed by atoms with Gasteiger partial charge in [-0.3, -0.25) is 0 Å². The number of halogens is 2. The number of aliphatic hydroxyl groups is 1. The molecule has 0 aromatic heterocycles. The van der Waals surface area contributed by atoms with Crippen LogP contribution in [0.25, 0.3) is 0 Å². The van der Waals surface area contributed by atoms with Crippen LogP contribution in [0.5, 0.6) is 0 Å². The maximum absolute atomic E-state index is 13.2. The molecule has 0 heterocycles. The van der Waals surface area contributed by atoms with Crippen molar-refractivity contribution >= 4 is 0 Å². The Balaban J connectivity index is 2.10. The summed E-state index contributed by atoms with van der Waals surface area (Å²) in [5.41, 5.74) is 0.463. The van der Waals surface area contributed by atoms with E-state index in [2.05, 4.69) is 12.2 Å². The molecule has 106 valence electrons. The van der Waals surface area contributed by atoms with Crippen molar-refractivity contribution in [2.75, 3.05) is 6.61 Å². The number of hydrogen-bond donors (Lipinski definition) is 2. The number of hydrogen-bond acceptors (Lipinski definition) is 2. The van der Waals surface area contributed by atoms with Crippen molar-refractivity contribution < 1.29 is 13.9 Å². The molecule has 19 heavy (non-hydrogen) atoms. The van der Waals surface area contributed by atoms with Crippen molar-refractivity contribution in [3.8, 4) is 0 Å². The lowest BCUT2D eigenvalue weighted by molar-refractivity contribution is 0.114. The lowest BCUT2D eigenvalue weighted by Gasteiger charge is -2.32. The van der Waals surface area contributed by atoms with Gasteiger partial charge in [0.2, 0.25) is 0 Å². The van der Waals surface area contributed by atoms with Crippen molar-refractivity contribution in [2.45, 2.75) is 45.2 Å². The van der Waals surface area contributed by atoms with Gasteiger partial charge in [0.1, 0.15) is 11.6 Å². The first-order valence-corrected chi connectivity index (χ1v) is 6.77. The van der Waals surface area contributed by atoms with Gasteiger partial charge in [-0.25, -0.2) is 8.78 Å². The van der Waals surface area contributed by atoms with Crippen molar-refractivity contribution in [2.24, 2.45) is 5.41 Å². The largest absolute Gasteiger partial charge is 0.396 e. The van der Waals surface area contributed by atoms with Gasteiger partial charge in [-0.05, 0) is 37.5 Å². The highest BCUT2D eigenvalue weighted by atomic mass is 19.1. The number of aliphatic hydroxyl groups excluding tert-OH is 1. The average Bonchev–Trinajstić information content (AvgIpc) is 2.70. The number of nitrogens with one attached hydrogen (secondary N) is 1. The zero-order valence-electron chi connectivity index (χ0n) is 11.4. The van der Waals surface area contributed by atoms with Crippen LogP contribution in [0.2, 0.25) is 0 Å². The second-order valence-electron chi connectivity index (χ2n) is 5.85. The standard InChI is InChI=1S/C15H21F2NO/c1-10(11-6-12(16)8-13(17)7-11)18-14-4-3-5-15(14,2)9-19/h6-8,10,14,18-19H,3-5,9H2,1-2H3. The second kappa shape index (κ2) is 5.55. The molecule has 0 spiro atoms. The van der Waals surface area contributed by atoms with Crippen LogP contribution in [0, 0.1) is 17.0 Å². The van der Waals surface area contributed by atoms with Gasteiger partial charge < -0.3 is 10.4 Å². The van der Waals surface area contributed by atoms with Crippen LogP contribution >= 0.6 is 0 Å². The Morgan fingerprint density at radius 2 is 2.00 bits per heavy atom. The smallest absolute Gasteiger partial charge is 0.126 e. The third-order valence-electron chi connectivity index (χ3n) is 4.28. The second-order valence-corrected chi connectivity index (χ2v) is 5.85. The van der Waals surface area contributed by atoms with E-state index in [1.165, 1.54) is 12.1 Å². The zero-order chi connectivity index (χ0) is 14.0. The first-order valence-electron chi connectivity index (χ1n) is 6.77. The van der Waals surface area contributed by atoms with Gasteiger partial charge in [-0.1, -0.05) is 13.3 Å². The maximum atomic E-state index is 13.2. The fourth-order valence-electron chi connectivity index (χ4n) is 2.93. The summed E-state index contributed by atoms with van der Waals surface area (Å²) in [6, 6.07) is 3.62. The van der Waals surface area contributed by atoms with E-state index in [1.54, 1.807) is 0 Å². The van der Waals surface area contributed by atoms with E-state index in [-0.39, 0.29) is 24.1 Å². The van der Waals surface area contributed by atoms with E-state index >= 15 is 0 Å². The molecule has 3 unspecified atom stereocenters. The third kappa shape index (κ3) is 3.12. The van der Waals surface area contributed by atoms with Crippen LogP contribution in [0.15, 0.2) is 18.2 Å². The predicted octanol–water partition coefficient (Wildman–Crippen LogP) is 3.17. The zero-order valence-corrected chi connectivity index (χ0v) is 11.4. The summed E-state index contributed by atoms with van der Waals surface area (Å²) in [7, 11) is 0. The average molecular weight is 269 g/mol. The summed E-state index contributed by atoms with van der Waals surface area (Å²) in [4.78, 5) is 0. The highest BCUT2D eigenvalue weighted by molar-refractivity contribution is 5.21. The van der Waals surface area contributed by atoms with Crippen LogP contribution in [-0.4, -0.2) is 17.8 Å². The van der Waals surface area contributed by atoms with Gasteiger partial charge in [0.05, 0.1) is 0 Å². The Morgan fingerprint density at radius 1 is 1.37 bits per heavy atom. The van der Waals surface area contributed by atoms with E-state index in [1.807, 2.05) is 6.92 Å². The molecule has 1 aliphatic carbocycles. The summed E-state index contributed by atoms with van der Waals surface area (Å²) < 4.78 is 26.4. The minimum absolute atomic E-state index is 0.134. The molecule has 1 saturated carbocycles. The lowest BCUT2D eigenvalue weighted by Crippen LogP contribution is -2.42. The molecule has 4 heteroatoms. The first-order chi connectivity index (χ1) is 8.94. The molecule has 2 rings (SSSR count). The van der Waals surface area contributed by atoms with Crippen LogP contribution in [-0.2, 0) is 0 Å². The molecule has 1 aliphatic rings. The third-order valence-corrected chi connectivity index (χ3v) is 4.28. The van der Waals surface area contributed by atoms with Crippen molar-refractivity contribution in [1.29, 1.82) is 0 Å². The van der Waals surface area contributed by atoms with E-state index in [4.69, 9.17) is 0 Å². The van der Waals surface area contributed by atoms with Gasteiger partial charge in [0, 0.05) is 30.2 Å². The van der Waals surface area contributed by atoms with Crippen LogP contribution in [0.3, 0.4) is 0 Å². The molecular formula is C15H21F2NO. The molecule has 1 fully saturated rings. The quantitative estimate of drug-likeness (QED) is 0.880. The van der Waals surface area contributed by atoms with Gasteiger partial charge in [0.25, 0.3) is 0 Å². The van der Waals surface area contributed by atoms with Gasteiger partial charge in [-0.2, -0.15) is 0 Å². The van der Waals surface area contributed by atoms with Gasteiger partial charge in [-0.15, -0.1) is 0 Å². The van der Waals surface area contributed by atoms with Crippen molar-refractivity contribution in [1.82, 2.24) is 5.32 Å². The van der Waals surface area contributed by atoms with E-state index < -0.39 is 11.6 Å². The Labute approximate surface area is 112 Å². The molecule has 0 aliphatic heterocycles. The molecule has 0 radical (unpaired) electrons. The topological polar surface area (TPSA) is 32.3 Å². The highest BCUT2D eigenvalue weighted by Crippen LogP contribution is 2.38. The molecule has 2 N–H and O–H groups in total. The van der Waals surface area contributed by atoms with E-state index in [9.17, 15) is 13.9 Å². The molecule has 2 nitrogen and oxygen atoms in total. The summed E-state index contributed by atoms with van der Waals surface area (Å²) >= 11 is 0. The van der Waals surface area contributed by atoms with Crippen LogP contribution < -0.4 is 5.32 Å². The minimum Gasteiger partial charge on any atom is -0.396 e. The van der Waals surface area contributed by atoms with Crippen molar-refractivity contribution in [3.05, 3.63) is 35.4 Å². The van der Waals surface area contributed by atoms with Gasteiger partial charge >= 0.3 is 0 Å². The molecule has 1 aromatic rings. The summed E-state index contributed by atoms with van der Waals surface area (Å²) in [5.74, 6) is -1.11. The molecule has 0 bridgehead atoms. The monoisotopic (exact) mass is 269 g/mol. The number of benzene rings is 1. The van der Waals surface area contributed by atoms with E-state index in [0.717, 1.165) is 25.3 Å². The predicted molar refractivity (Wildman–Crippen MR) is 70.7 cm³/mol. The Bertz CT molecular complexity index is 432. The maximum Gasteiger partial charge on any atom is 0.126 e. The number of rotatable bonds is 4. The Kier molecular flexibility index (Phi) is 4.21. The lowest BCUT2D eigenvalue weighted by atomic mass is 9.85. The molecular weight excluding hydrogens is 248 g/mol. The fraction of sp³-hybridized carbons (Fsp3) is 0.600. The molecule has 1 aromatic carbocycles. The van der Waals surface area contributed by atoms with E-state index in [0.29, 0.717) is 5.56 Å². The fourth-order valence-corrected chi connectivity index (χ4v) is 2.93. The molecule has 0 amide bonds. The first kappa shape index (κ1) is 14.4. The summed E-state index contributed by atoms with van der Waals surface area (Å²) in [6.45, 7) is 4.08. The Hall–Kier alpha value is -1.00. The normalized spacial score (nSPS) is 28.6. The summed E-state index contributed by atoms with van der Waals surface area (Å²) in [5, 5.41) is 12.9. The highest BCUT2D eigenvalue weighted by Gasteiger charge is 2.38. The van der Waals surface area contributed by atoms with Crippen LogP contribution in [0.1, 0.15) is 44.7 Å². The van der Waals surface area contributed by atoms with Crippen LogP contribution in [0.4, 0.5) is 8.78 Å². The summed E-state index contributed by atoms with van der Waals surface area (Å²) in [6.07, 6.45) is 3.03. The molecule has 3 atom stereocenters. The van der Waals surface area contributed by atoms with Gasteiger partial charge in [0.15, 0.2) is 0 Å². The molecule has 0 saturated heterocycles. The van der Waals surface area contributed by atoms with Crippen molar-refractivity contribution in [3.63, 3.8) is 0 Å². The SMILES string of the molecule is CC(NC1CCCC1(C)CO)c1cc(F)cc(F)c1. The minimum atomic E-state index is -0.556.